The van der Waals surface area contributed by atoms with Crippen molar-refractivity contribution in [2.75, 3.05) is 40.4 Å². The Balaban J connectivity index is 1.44. The second kappa shape index (κ2) is 9.93. The lowest BCUT2D eigenvalue weighted by atomic mass is 10.2. The number of hydrogen-bond acceptors (Lipinski definition) is 7. The van der Waals surface area contributed by atoms with Gasteiger partial charge < -0.3 is 23.5 Å². The van der Waals surface area contributed by atoms with Crippen LogP contribution in [0.1, 0.15) is 32.8 Å². The zero-order valence-corrected chi connectivity index (χ0v) is 20.6. The maximum atomic E-state index is 12.4. The highest BCUT2D eigenvalue weighted by atomic mass is 16.6. The highest BCUT2D eigenvalue weighted by molar-refractivity contribution is 5.77. The van der Waals surface area contributed by atoms with Crippen molar-refractivity contribution < 1.29 is 23.4 Å². The largest absolute Gasteiger partial charge is 0.493 e. The van der Waals surface area contributed by atoms with E-state index in [4.69, 9.17) is 23.6 Å². The zero-order valence-electron chi connectivity index (χ0n) is 20.6. The summed E-state index contributed by atoms with van der Waals surface area (Å²) < 4.78 is 22.2. The molecule has 0 bridgehead atoms. The minimum atomic E-state index is -0.480. The van der Waals surface area contributed by atoms with Gasteiger partial charge in [-0.2, -0.15) is 0 Å². The van der Waals surface area contributed by atoms with E-state index in [9.17, 15) is 4.79 Å². The summed E-state index contributed by atoms with van der Waals surface area (Å²) in [7, 11) is 3.22. The average molecular weight is 468 g/mol. The highest BCUT2D eigenvalue weighted by Gasteiger charge is 2.24. The summed E-state index contributed by atoms with van der Waals surface area (Å²) in [6.45, 7) is 9.56. The molecule has 182 valence electrons. The summed E-state index contributed by atoms with van der Waals surface area (Å²) in [6, 6.07) is 11.7. The van der Waals surface area contributed by atoms with Crippen molar-refractivity contribution >= 4 is 17.2 Å². The molecule has 3 aromatic rings. The van der Waals surface area contributed by atoms with Crippen LogP contribution in [0.4, 0.5) is 4.79 Å². The van der Waals surface area contributed by atoms with Crippen molar-refractivity contribution in [3.63, 3.8) is 0 Å². The van der Waals surface area contributed by atoms with Gasteiger partial charge in [-0.1, -0.05) is 6.07 Å². The second-order valence-electron chi connectivity index (χ2n) is 9.49. The number of hydrogen-bond donors (Lipinski definition) is 0. The van der Waals surface area contributed by atoms with Crippen LogP contribution < -0.4 is 9.47 Å². The number of rotatable bonds is 5. The quantitative estimate of drug-likeness (QED) is 0.525. The molecule has 1 aliphatic heterocycles. The van der Waals surface area contributed by atoms with E-state index in [0.29, 0.717) is 30.5 Å². The van der Waals surface area contributed by atoms with Gasteiger partial charge in [0.2, 0.25) is 5.89 Å². The van der Waals surface area contributed by atoms with Gasteiger partial charge in [-0.25, -0.2) is 9.78 Å². The van der Waals surface area contributed by atoms with Crippen molar-refractivity contribution in [2.24, 2.45) is 0 Å². The zero-order chi connectivity index (χ0) is 24.3. The number of ether oxygens (including phenoxy) is 3. The van der Waals surface area contributed by atoms with E-state index < -0.39 is 5.60 Å². The van der Waals surface area contributed by atoms with Gasteiger partial charge in [0.25, 0.3) is 0 Å². The number of carbonyl (C=O) groups excluding carboxylic acids is 1. The average Bonchev–Trinajstić information content (AvgIpc) is 3.08. The van der Waals surface area contributed by atoms with Crippen molar-refractivity contribution in [1.29, 1.82) is 0 Å². The SMILES string of the molecule is COc1ccc(-c2nc3cc(CN4CCCN(C(=O)OC(C)(C)C)CC4)ccc3o2)cc1OC. The van der Waals surface area contributed by atoms with Gasteiger partial charge in [-0.3, -0.25) is 4.90 Å². The Kier molecular flexibility index (Phi) is 6.97. The molecular formula is C26H33N3O5. The van der Waals surface area contributed by atoms with Gasteiger partial charge in [0, 0.05) is 38.3 Å². The molecule has 2 aromatic carbocycles. The number of oxazole rings is 1. The van der Waals surface area contributed by atoms with Crippen LogP contribution in [0.25, 0.3) is 22.6 Å². The molecule has 8 nitrogen and oxygen atoms in total. The molecule has 0 radical (unpaired) electrons. The van der Waals surface area contributed by atoms with Crippen LogP contribution in [0.2, 0.25) is 0 Å². The van der Waals surface area contributed by atoms with Crippen molar-refractivity contribution in [1.82, 2.24) is 14.8 Å². The molecule has 0 saturated carbocycles. The fraction of sp³-hybridized carbons (Fsp3) is 0.462. The number of fused-ring (bicyclic) bond motifs is 1. The summed E-state index contributed by atoms with van der Waals surface area (Å²) in [5.74, 6) is 1.83. The van der Waals surface area contributed by atoms with Crippen molar-refractivity contribution in [2.45, 2.75) is 39.3 Å². The first-order valence-corrected chi connectivity index (χ1v) is 11.6. The summed E-state index contributed by atoms with van der Waals surface area (Å²) in [5.41, 5.74) is 3.05. The normalized spacial score (nSPS) is 15.3. The third kappa shape index (κ3) is 5.62. The van der Waals surface area contributed by atoms with Crippen LogP contribution in [0.5, 0.6) is 11.5 Å². The first kappa shape index (κ1) is 23.9. The minimum absolute atomic E-state index is 0.235. The molecule has 1 saturated heterocycles. The van der Waals surface area contributed by atoms with E-state index in [-0.39, 0.29) is 6.09 Å². The summed E-state index contributed by atoms with van der Waals surface area (Å²) in [6.07, 6.45) is 0.676. The van der Waals surface area contributed by atoms with Crippen LogP contribution in [0, 0.1) is 0 Å². The molecule has 0 aliphatic carbocycles. The third-order valence-electron chi connectivity index (χ3n) is 5.73. The molecule has 0 atom stereocenters. The van der Waals surface area contributed by atoms with E-state index in [2.05, 4.69) is 17.0 Å². The van der Waals surface area contributed by atoms with E-state index >= 15 is 0 Å². The molecule has 0 N–H and O–H groups in total. The van der Waals surface area contributed by atoms with Gasteiger partial charge >= 0.3 is 6.09 Å². The molecule has 34 heavy (non-hydrogen) atoms. The van der Waals surface area contributed by atoms with E-state index in [1.54, 1.807) is 14.2 Å². The topological polar surface area (TPSA) is 77.3 Å². The fourth-order valence-corrected chi connectivity index (χ4v) is 4.06. The number of nitrogens with zero attached hydrogens (tertiary/aromatic N) is 3. The van der Waals surface area contributed by atoms with Gasteiger partial charge in [0.1, 0.15) is 11.1 Å². The Hall–Kier alpha value is -3.26. The van der Waals surface area contributed by atoms with E-state index in [1.165, 1.54) is 0 Å². The predicted octanol–water partition coefficient (Wildman–Crippen LogP) is 4.95. The second-order valence-corrected chi connectivity index (χ2v) is 9.49. The lowest BCUT2D eigenvalue weighted by Crippen LogP contribution is -2.39. The molecule has 0 spiro atoms. The summed E-state index contributed by atoms with van der Waals surface area (Å²) in [5, 5.41) is 0. The molecule has 8 heteroatoms. The fourth-order valence-electron chi connectivity index (χ4n) is 4.06. The maximum absolute atomic E-state index is 12.4. The molecule has 1 aromatic heterocycles. The van der Waals surface area contributed by atoms with Crippen molar-refractivity contribution in [3.8, 4) is 23.0 Å². The van der Waals surface area contributed by atoms with Gasteiger partial charge in [0.05, 0.1) is 14.2 Å². The van der Waals surface area contributed by atoms with Crippen LogP contribution in [0.3, 0.4) is 0 Å². The number of methoxy groups -OCH3 is 2. The smallest absolute Gasteiger partial charge is 0.410 e. The Bertz CT molecular complexity index is 1150. The molecule has 1 fully saturated rings. The van der Waals surface area contributed by atoms with Gasteiger partial charge in [-0.05, 0) is 63.1 Å². The molecular weight excluding hydrogens is 434 g/mol. The lowest BCUT2D eigenvalue weighted by molar-refractivity contribution is 0.0257. The molecule has 1 aliphatic rings. The third-order valence-corrected chi connectivity index (χ3v) is 5.73. The predicted molar refractivity (Wildman–Crippen MR) is 130 cm³/mol. The van der Waals surface area contributed by atoms with Crippen LogP contribution in [-0.4, -0.2) is 66.9 Å². The Labute approximate surface area is 200 Å². The van der Waals surface area contributed by atoms with Crippen LogP contribution in [-0.2, 0) is 11.3 Å². The minimum Gasteiger partial charge on any atom is -0.493 e. The monoisotopic (exact) mass is 467 g/mol. The number of aromatic nitrogens is 1. The van der Waals surface area contributed by atoms with E-state index in [0.717, 1.165) is 48.3 Å². The number of benzene rings is 2. The van der Waals surface area contributed by atoms with E-state index in [1.807, 2.05) is 49.9 Å². The van der Waals surface area contributed by atoms with Crippen LogP contribution >= 0.6 is 0 Å². The first-order valence-electron chi connectivity index (χ1n) is 11.6. The van der Waals surface area contributed by atoms with Gasteiger partial charge in [0.15, 0.2) is 17.1 Å². The standard InChI is InChI=1S/C26H33N3O5/c1-26(2,3)34-25(30)29-12-6-11-28(13-14-29)17-18-7-9-21-20(15-18)27-24(33-21)19-8-10-22(31-4)23(16-19)32-5/h7-10,15-16H,6,11-14,17H2,1-5H3. The maximum Gasteiger partial charge on any atom is 0.410 e. The Morgan fingerprint density at radius 3 is 2.53 bits per heavy atom. The summed E-state index contributed by atoms with van der Waals surface area (Å²) in [4.78, 5) is 21.3. The molecule has 2 heterocycles. The Morgan fingerprint density at radius 1 is 1.00 bits per heavy atom. The number of amides is 1. The number of carbonyl (C=O) groups is 1. The first-order chi connectivity index (χ1) is 16.3. The molecule has 1 amide bonds. The van der Waals surface area contributed by atoms with Crippen molar-refractivity contribution in [3.05, 3.63) is 42.0 Å². The lowest BCUT2D eigenvalue weighted by Gasteiger charge is -2.26. The molecule has 4 rings (SSSR count). The highest BCUT2D eigenvalue weighted by Crippen LogP contribution is 2.33. The summed E-state index contributed by atoms with van der Waals surface area (Å²) >= 11 is 0. The van der Waals surface area contributed by atoms with Crippen LogP contribution in [0.15, 0.2) is 40.8 Å². The van der Waals surface area contributed by atoms with Gasteiger partial charge in [-0.15, -0.1) is 0 Å². The molecule has 0 unspecified atom stereocenters. The Morgan fingerprint density at radius 2 is 1.79 bits per heavy atom.